The maximum Gasteiger partial charge on any atom is 0.222 e. The SMILES string of the molecule is CCCCC1COC(C#Cc2ccc(-c3ccc(Cl)c(F)c3)nc2)OC1. The van der Waals surface area contributed by atoms with E-state index in [4.69, 9.17) is 21.1 Å². The highest BCUT2D eigenvalue weighted by atomic mass is 35.5. The van der Waals surface area contributed by atoms with Crippen LogP contribution in [0, 0.1) is 23.6 Å². The Kier molecular flexibility index (Phi) is 6.62. The van der Waals surface area contributed by atoms with Gasteiger partial charge in [-0.05, 0) is 36.6 Å². The van der Waals surface area contributed by atoms with Crippen molar-refractivity contribution in [3.8, 4) is 23.1 Å². The number of rotatable bonds is 4. The predicted molar refractivity (Wildman–Crippen MR) is 100 cm³/mol. The highest BCUT2D eigenvalue weighted by Gasteiger charge is 2.20. The molecule has 0 N–H and O–H groups in total. The smallest absolute Gasteiger partial charge is 0.222 e. The molecular formula is C21H21ClFNO2. The molecule has 1 aliphatic heterocycles. The molecule has 1 saturated heterocycles. The summed E-state index contributed by atoms with van der Waals surface area (Å²) >= 11 is 5.70. The number of unbranched alkanes of at least 4 members (excludes halogenated alkanes) is 1. The van der Waals surface area contributed by atoms with Crippen molar-refractivity contribution in [2.75, 3.05) is 13.2 Å². The summed E-state index contributed by atoms with van der Waals surface area (Å²) in [6.07, 6.45) is 4.68. The Balaban J connectivity index is 1.58. The van der Waals surface area contributed by atoms with Crippen LogP contribution in [0.25, 0.3) is 11.3 Å². The van der Waals surface area contributed by atoms with Gasteiger partial charge in [0.2, 0.25) is 6.29 Å². The van der Waals surface area contributed by atoms with E-state index in [9.17, 15) is 4.39 Å². The molecule has 3 nitrogen and oxygen atoms in total. The lowest BCUT2D eigenvalue weighted by atomic mass is 10.0. The summed E-state index contributed by atoms with van der Waals surface area (Å²) in [4.78, 5) is 4.34. The normalized spacial score (nSPS) is 19.7. The standard InChI is InChI=1S/C21H21ClFNO2/c1-2-3-4-16-13-25-21(26-14-16)10-6-15-5-9-20(24-12-15)17-7-8-18(22)19(23)11-17/h5,7-9,11-12,16,21H,2-4,13-14H2,1H3. The van der Waals surface area contributed by atoms with Crippen molar-refractivity contribution in [2.45, 2.75) is 32.5 Å². The second-order valence-corrected chi connectivity index (χ2v) is 6.74. The highest BCUT2D eigenvalue weighted by Crippen LogP contribution is 2.23. The van der Waals surface area contributed by atoms with Gasteiger partial charge in [0, 0.05) is 23.2 Å². The molecule has 0 bridgehead atoms. The largest absolute Gasteiger partial charge is 0.342 e. The average molecular weight is 374 g/mol. The van der Waals surface area contributed by atoms with Crippen LogP contribution in [0.1, 0.15) is 31.7 Å². The number of hydrogen-bond donors (Lipinski definition) is 0. The summed E-state index contributed by atoms with van der Waals surface area (Å²) in [5, 5.41) is 0.0978. The van der Waals surface area contributed by atoms with Crippen LogP contribution in [0.3, 0.4) is 0 Å². The molecule has 1 aliphatic rings. The minimum Gasteiger partial charge on any atom is -0.342 e. The molecule has 0 saturated carbocycles. The first-order valence-corrected chi connectivity index (χ1v) is 9.19. The molecule has 0 spiro atoms. The Morgan fingerprint density at radius 1 is 1.23 bits per heavy atom. The van der Waals surface area contributed by atoms with Gasteiger partial charge in [-0.1, -0.05) is 43.4 Å². The molecule has 2 aromatic rings. The lowest BCUT2D eigenvalue weighted by molar-refractivity contribution is -0.170. The van der Waals surface area contributed by atoms with Crippen LogP contribution in [0.2, 0.25) is 5.02 Å². The predicted octanol–water partition coefficient (Wildman–Crippen LogP) is 5.07. The van der Waals surface area contributed by atoms with Gasteiger partial charge in [0.05, 0.1) is 23.9 Å². The fourth-order valence-electron chi connectivity index (χ4n) is 2.72. The number of halogens is 2. The monoisotopic (exact) mass is 373 g/mol. The number of nitrogens with zero attached hydrogens (tertiary/aromatic N) is 1. The van der Waals surface area contributed by atoms with E-state index in [0.29, 0.717) is 30.4 Å². The van der Waals surface area contributed by atoms with E-state index < -0.39 is 12.1 Å². The first kappa shape index (κ1) is 18.8. The van der Waals surface area contributed by atoms with Crippen LogP contribution in [0.15, 0.2) is 36.5 Å². The number of aromatic nitrogens is 1. The first-order valence-electron chi connectivity index (χ1n) is 8.82. The Morgan fingerprint density at radius 2 is 2.04 bits per heavy atom. The van der Waals surface area contributed by atoms with Gasteiger partial charge in [-0.2, -0.15) is 0 Å². The summed E-state index contributed by atoms with van der Waals surface area (Å²) in [5.74, 6) is 6.00. The summed E-state index contributed by atoms with van der Waals surface area (Å²) in [5.41, 5.74) is 2.09. The van der Waals surface area contributed by atoms with Crippen molar-refractivity contribution in [1.29, 1.82) is 0 Å². The lowest BCUT2D eigenvalue weighted by Gasteiger charge is -2.26. The lowest BCUT2D eigenvalue weighted by Crippen LogP contribution is -2.31. The van der Waals surface area contributed by atoms with Crippen molar-refractivity contribution < 1.29 is 13.9 Å². The Hall–Kier alpha value is -1.93. The molecular weight excluding hydrogens is 353 g/mol. The molecule has 1 aromatic heterocycles. The van der Waals surface area contributed by atoms with Gasteiger partial charge in [-0.15, -0.1) is 0 Å². The van der Waals surface area contributed by atoms with Crippen LogP contribution in [0.5, 0.6) is 0 Å². The van der Waals surface area contributed by atoms with Gasteiger partial charge in [-0.3, -0.25) is 4.98 Å². The Labute approximate surface area is 158 Å². The van der Waals surface area contributed by atoms with E-state index in [1.165, 1.54) is 25.0 Å². The minimum absolute atomic E-state index is 0.0978. The fraction of sp³-hybridized carbons (Fsp3) is 0.381. The number of ether oxygens (including phenoxy) is 2. The fourth-order valence-corrected chi connectivity index (χ4v) is 2.84. The van der Waals surface area contributed by atoms with E-state index in [2.05, 4.69) is 23.7 Å². The van der Waals surface area contributed by atoms with Crippen LogP contribution in [0.4, 0.5) is 4.39 Å². The molecule has 26 heavy (non-hydrogen) atoms. The van der Waals surface area contributed by atoms with Gasteiger partial charge in [-0.25, -0.2) is 4.39 Å². The third kappa shape index (κ3) is 5.04. The maximum atomic E-state index is 13.6. The third-order valence-electron chi connectivity index (χ3n) is 4.25. The molecule has 5 heteroatoms. The molecule has 3 rings (SSSR count). The number of benzene rings is 1. The maximum absolute atomic E-state index is 13.6. The van der Waals surface area contributed by atoms with E-state index >= 15 is 0 Å². The zero-order valence-electron chi connectivity index (χ0n) is 14.7. The van der Waals surface area contributed by atoms with Crippen molar-refractivity contribution in [3.63, 3.8) is 0 Å². The van der Waals surface area contributed by atoms with Crippen molar-refractivity contribution in [1.82, 2.24) is 4.98 Å². The molecule has 0 amide bonds. The van der Waals surface area contributed by atoms with E-state index in [-0.39, 0.29) is 5.02 Å². The summed E-state index contributed by atoms with van der Waals surface area (Å²) < 4.78 is 24.9. The number of pyridine rings is 1. The first-order chi connectivity index (χ1) is 12.7. The van der Waals surface area contributed by atoms with Gasteiger partial charge in [0.15, 0.2) is 0 Å². The van der Waals surface area contributed by atoms with Crippen molar-refractivity contribution in [3.05, 3.63) is 52.9 Å². The molecule has 2 heterocycles. The summed E-state index contributed by atoms with van der Waals surface area (Å²) in [7, 11) is 0. The second kappa shape index (κ2) is 9.14. The summed E-state index contributed by atoms with van der Waals surface area (Å²) in [6, 6.07) is 8.27. The average Bonchev–Trinajstić information content (AvgIpc) is 2.68. The molecule has 1 fully saturated rings. The minimum atomic E-state index is -0.488. The number of hydrogen-bond acceptors (Lipinski definition) is 3. The van der Waals surface area contributed by atoms with E-state index in [0.717, 1.165) is 12.0 Å². The summed E-state index contributed by atoms with van der Waals surface area (Å²) in [6.45, 7) is 3.57. The van der Waals surface area contributed by atoms with Gasteiger partial charge < -0.3 is 9.47 Å². The Bertz CT molecular complexity index is 790. The zero-order valence-corrected chi connectivity index (χ0v) is 15.4. The topological polar surface area (TPSA) is 31.4 Å². The second-order valence-electron chi connectivity index (χ2n) is 6.34. The Morgan fingerprint density at radius 3 is 2.69 bits per heavy atom. The highest BCUT2D eigenvalue weighted by molar-refractivity contribution is 6.30. The van der Waals surface area contributed by atoms with Crippen LogP contribution in [-0.4, -0.2) is 24.5 Å². The van der Waals surface area contributed by atoms with Crippen LogP contribution >= 0.6 is 11.6 Å². The molecule has 0 radical (unpaired) electrons. The molecule has 0 unspecified atom stereocenters. The zero-order chi connectivity index (χ0) is 18.4. The van der Waals surface area contributed by atoms with Gasteiger partial charge in [0.1, 0.15) is 5.82 Å². The van der Waals surface area contributed by atoms with Crippen LogP contribution in [-0.2, 0) is 9.47 Å². The molecule has 136 valence electrons. The third-order valence-corrected chi connectivity index (χ3v) is 4.55. The van der Waals surface area contributed by atoms with Crippen LogP contribution < -0.4 is 0 Å². The van der Waals surface area contributed by atoms with E-state index in [1.54, 1.807) is 18.3 Å². The van der Waals surface area contributed by atoms with Crippen molar-refractivity contribution in [2.24, 2.45) is 5.92 Å². The van der Waals surface area contributed by atoms with Gasteiger partial charge in [0.25, 0.3) is 0 Å². The van der Waals surface area contributed by atoms with Gasteiger partial charge >= 0.3 is 0 Å². The quantitative estimate of drug-likeness (QED) is 0.701. The van der Waals surface area contributed by atoms with E-state index in [1.807, 2.05) is 6.07 Å². The molecule has 1 aromatic carbocycles. The molecule has 0 atom stereocenters. The van der Waals surface area contributed by atoms with Crippen molar-refractivity contribution >= 4 is 11.6 Å². The molecule has 0 aliphatic carbocycles.